The number of fused-ring (bicyclic) bond motifs is 1. The smallest absolute Gasteiger partial charge is 0.262 e. The van der Waals surface area contributed by atoms with Crippen molar-refractivity contribution in [3.63, 3.8) is 0 Å². The van der Waals surface area contributed by atoms with Gasteiger partial charge in [0.15, 0.2) is 0 Å². The first-order valence-electron chi connectivity index (χ1n) is 6.77. The average molecular weight is 300 g/mol. The highest BCUT2D eigenvalue weighted by Gasteiger charge is 2.13. The number of aliphatic hydroxyl groups excluding tert-OH is 1. The molecule has 1 aromatic carbocycles. The molecule has 0 spiro atoms. The predicted molar refractivity (Wildman–Crippen MR) is 85.9 cm³/mol. The Balaban J connectivity index is 2.25. The van der Waals surface area contributed by atoms with Gasteiger partial charge in [-0.2, -0.15) is 0 Å². The van der Waals surface area contributed by atoms with Crippen LogP contribution in [0.25, 0.3) is 21.3 Å². The molecule has 4 nitrogen and oxygen atoms in total. The number of rotatable bonds is 3. The Kier molecular flexibility index (Phi) is 3.61. The fourth-order valence-electron chi connectivity index (χ4n) is 2.36. The lowest BCUT2D eigenvalue weighted by Gasteiger charge is -2.06. The van der Waals surface area contributed by atoms with E-state index in [1.54, 1.807) is 0 Å². The summed E-state index contributed by atoms with van der Waals surface area (Å²) in [5.74, 6) is 0. The number of nitrogens with zero attached hydrogens (tertiary/aromatic N) is 2. The zero-order valence-electron chi connectivity index (χ0n) is 12.0. The first-order chi connectivity index (χ1) is 10.1. The zero-order valence-corrected chi connectivity index (χ0v) is 12.8. The highest BCUT2D eigenvalue weighted by molar-refractivity contribution is 7.17. The van der Waals surface area contributed by atoms with E-state index < -0.39 is 0 Å². The zero-order chi connectivity index (χ0) is 15.0. The van der Waals surface area contributed by atoms with Gasteiger partial charge in [-0.3, -0.25) is 9.36 Å². The van der Waals surface area contributed by atoms with Crippen LogP contribution in [0.4, 0.5) is 0 Å². The van der Waals surface area contributed by atoms with E-state index >= 15 is 0 Å². The van der Waals surface area contributed by atoms with Crippen LogP contribution in [0.2, 0.25) is 0 Å². The van der Waals surface area contributed by atoms with E-state index in [-0.39, 0.29) is 18.7 Å². The molecular weight excluding hydrogens is 284 g/mol. The number of benzene rings is 1. The van der Waals surface area contributed by atoms with Crippen molar-refractivity contribution < 1.29 is 5.11 Å². The summed E-state index contributed by atoms with van der Waals surface area (Å²) in [5.41, 5.74) is 4.29. The number of aliphatic hydroxyl groups is 1. The van der Waals surface area contributed by atoms with Gasteiger partial charge >= 0.3 is 0 Å². The lowest BCUT2D eigenvalue weighted by atomic mass is 10.0. The van der Waals surface area contributed by atoms with Gasteiger partial charge in [-0.15, -0.1) is 11.3 Å². The molecular formula is C16H16N2O2S. The number of aryl methyl sites for hydroxylation is 2. The molecule has 0 bridgehead atoms. The summed E-state index contributed by atoms with van der Waals surface area (Å²) in [6, 6.07) is 6.20. The lowest BCUT2D eigenvalue weighted by Crippen LogP contribution is -2.21. The standard InChI is InChI=1S/C16H16N2O2S/c1-10-3-4-12(7-11(10)2)13-8-21-15-14(13)16(20)18(5-6-19)9-17-15/h3-4,7-9,19H,5-6H2,1-2H3. The molecule has 108 valence electrons. The molecule has 1 N–H and O–H groups in total. The van der Waals surface area contributed by atoms with Gasteiger partial charge in [0, 0.05) is 10.9 Å². The predicted octanol–water partition coefficient (Wildman–Crippen LogP) is 2.73. The van der Waals surface area contributed by atoms with Gasteiger partial charge in [-0.25, -0.2) is 4.98 Å². The summed E-state index contributed by atoms with van der Waals surface area (Å²) in [4.78, 5) is 17.6. The largest absolute Gasteiger partial charge is 0.395 e. The van der Waals surface area contributed by atoms with Crippen LogP contribution in [0.3, 0.4) is 0 Å². The fourth-order valence-corrected chi connectivity index (χ4v) is 3.26. The van der Waals surface area contributed by atoms with Gasteiger partial charge in [0.25, 0.3) is 5.56 Å². The Hall–Kier alpha value is -1.98. The van der Waals surface area contributed by atoms with Crippen molar-refractivity contribution in [1.29, 1.82) is 0 Å². The Morgan fingerprint density at radius 2 is 2.10 bits per heavy atom. The number of hydrogen-bond donors (Lipinski definition) is 1. The molecule has 2 aromatic heterocycles. The van der Waals surface area contributed by atoms with Crippen LogP contribution >= 0.6 is 11.3 Å². The highest BCUT2D eigenvalue weighted by Crippen LogP contribution is 2.31. The molecule has 0 amide bonds. The van der Waals surface area contributed by atoms with Gasteiger partial charge in [0.05, 0.1) is 24.9 Å². The summed E-state index contributed by atoms with van der Waals surface area (Å²) >= 11 is 1.47. The van der Waals surface area contributed by atoms with Crippen LogP contribution < -0.4 is 5.56 Å². The summed E-state index contributed by atoms with van der Waals surface area (Å²) in [5, 5.41) is 11.7. The highest BCUT2D eigenvalue weighted by atomic mass is 32.1. The molecule has 0 saturated heterocycles. The van der Waals surface area contributed by atoms with Crippen LogP contribution in [-0.4, -0.2) is 21.3 Å². The second kappa shape index (κ2) is 5.42. The Labute approximate surface area is 126 Å². The summed E-state index contributed by atoms with van der Waals surface area (Å²) in [6.45, 7) is 4.33. The van der Waals surface area contributed by atoms with Crippen molar-refractivity contribution >= 4 is 21.6 Å². The number of thiophene rings is 1. The molecule has 0 saturated carbocycles. The van der Waals surface area contributed by atoms with Crippen LogP contribution in [0.5, 0.6) is 0 Å². The van der Waals surface area contributed by atoms with Crippen molar-refractivity contribution in [2.75, 3.05) is 6.61 Å². The molecule has 0 aliphatic rings. The average Bonchev–Trinajstić information content (AvgIpc) is 2.90. The van der Waals surface area contributed by atoms with Gasteiger partial charge in [0.2, 0.25) is 0 Å². The molecule has 0 unspecified atom stereocenters. The van der Waals surface area contributed by atoms with Gasteiger partial charge in [-0.1, -0.05) is 18.2 Å². The van der Waals surface area contributed by atoms with Crippen molar-refractivity contribution in [3.05, 3.63) is 51.4 Å². The van der Waals surface area contributed by atoms with Crippen molar-refractivity contribution in [1.82, 2.24) is 9.55 Å². The quantitative estimate of drug-likeness (QED) is 0.809. The minimum Gasteiger partial charge on any atom is -0.395 e. The van der Waals surface area contributed by atoms with Gasteiger partial charge in [0.1, 0.15) is 4.83 Å². The molecule has 2 heterocycles. The van der Waals surface area contributed by atoms with E-state index in [9.17, 15) is 4.79 Å². The maximum Gasteiger partial charge on any atom is 0.262 e. The Bertz CT molecular complexity index is 864. The first-order valence-corrected chi connectivity index (χ1v) is 7.65. The SMILES string of the molecule is Cc1ccc(-c2csc3ncn(CCO)c(=O)c23)cc1C. The molecule has 0 fully saturated rings. The number of aromatic nitrogens is 2. The monoisotopic (exact) mass is 300 g/mol. The Morgan fingerprint density at radius 1 is 1.29 bits per heavy atom. The van der Waals surface area contributed by atoms with Crippen LogP contribution in [0.15, 0.2) is 34.7 Å². The van der Waals surface area contributed by atoms with Gasteiger partial charge < -0.3 is 5.11 Å². The van der Waals surface area contributed by atoms with Crippen molar-refractivity contribution in [2.45, 2.75) is 20.4 Å². The molecule has 0 aliphatic carbocycles. The minimum atomic E-state index is -0.0940. The van der Waals surface area contributed by atoms with Crippen LogP contribution in [0.1, 0.15) is 11.1 Å². The Morgan fingerprint density at radius 3 is 2.81 bits per heavy atom. The third kappa shape index (κ3) is 2.39. The van der Waals surface area contributed by atoms with E-state index in [4.69, 9.17) is 5.11 Å². The normalized spacial score (nSPS) is 11.2. The third-order valence-electron chi connectivity index (χ3n) is 3.72. The van der Waals surface area contributed by atoms with E-state index in [1.165, 1.54) is 33.4 Å². The molecule has 0 aliphatic heterocycles. The summed E-state index contributed by atoms with van der Waals surface area (Å²) in [6.07, 6.45) is 1.50. The van der Waals surface area contributed by atoms with Gasteiger partial charge in [-0.05, 0) is 30.5 Å². The lowest BCUT2D eigenvalue weighted by molar-refractivity contribution is 0.274. The molecule has 3 aromatic rings. The summed E-state index contributed by atoms with van der Waals surface area (Å²) < 4.78 is 1.46. The van der Waals surface area contributed by atoms with Crippen LogP contribution in [-0.2, 0) is 6.54 Å². The first kappa shape index (κ1) is 14.0. The van der Waals surface area contributed by atoms with Crippen molar-refractivity contribution in [3.8, 4) is 11.1 Å². The molecule has 21 heavy (non-hydrogen) atoms. The van der Waals surface area contributed by atoms with Crippen LogP contribution in [0, 0.1) is 13.8 Å². The molecule has 0 radical (unpaired) electrons. The van der Waals surface area contributed by atoms with E-state index in [0.717, 1.165) is 16.0 Å². The maximum absolute atomic E-state index is 12.5. The molecule has 0 atom stereocenters. The minimum absolute atomic E-state index is 0.0732. The second-order valence-electron chi connectivity index (χ2n) is 5.10. The fraction of sp³-hybridized carbons (Fsp3) is 0.250. The topological polar surface area (TPSA) is 55.1 Å². The molecule has 5 heteroatoms. The van der Waals surface area contributed by atoms with E-state index in [0.29, 0.717) is 5.39 Å². The molecule has 3 rings (SSSR count). The summed E-state index contributed by atoms with van der Waals surface area (Å²) in [7, 11) is 0. The third-order valence-corrected chi connectivity index (χ3v) is 4.61. The van der Waals surface area contributed by atoms with E-state index in [2.05, 4.69) is 31.0 Å². The second-order valence-corrected chi connectivity index (χ2v) is 5.95. The number of hydrogen-bond acceptors (Lipinski definition) is 4. The maximum atomic E-state index is 12.5. The van der Waals surface area contributed by atoms with Crippen molar-refractivity contribution in [2.24, 2.45) is 0 Å². The van der Waals surface area contributed by atoms with E-state index in [1.807, 2.05) is 11.4 Å².